The number of anilines is 1. The van der Waals surface area contributed by atoms with Gasteiger partial charge in [0.2, 0.25) is 11.0 Å². The van der Waals surface area contributed by atoms with Crippen LogP contribution in [0.15, 0.2) is 46.8 Å². The minimum Gasteiger partial charge on any atom is -0.497 e. The summed E-state index contributed by atoms with van der Waals surface area (Å²) in [7, 11) is 3.20. The van der Waals surface area contributed by atoms with Gasteiger partial charge in [0.25, 0.3) is 0 Å². The molecule has 0 unspecified atom stereocenters. The molecule has 0 radical (unpaired) electrons. The van der Waals surface area contributed by atoms with Gasteiger partial charge in [-0.1, -0.05) is 42.2 Å². The van der Waals surface area contributed by atoms with Gasteiger partial charge in [-0.15, -0.1) is 21.5 Å². The molecule has 31 heavy (non-hydrogen) atoms. The molecule has 1 N–H and O–H groups in total. The van der Waals surface area contributed by atoms with Crippen molar-refractivity contribution in [3.05, 3.63) is 42.5 Å². The number of carbonyl (C=O) groups is 1. The van der Waals surface area contributed by atoms with E-state index >= 15 is 0 Å². The van der Waals surface area contributed by atoms with Gasteiger partial charge in [-0.05, 0) is 36.8 Å². The fraction of sp³-hybridized carbons (Fsp3) is 0.238. The number of nitrogens with one attached hydrogen (secondary N) is 1. The molecule has 10 heteroatoms. The van der Waals surface area contributed by atoms with E-state index in [0.717, 1.165) is 20.1 Å². The van der Waals surface area contributed by atoms with Crippen molar-refractivity contribution < 1.29 is 14.3 Å². The van der Waals surface area contributed by atoms with Crippen LogP contribution in [0.3, 0.4) is 0 Å². The highest BCUT2D eigenvalue weighted by molar-refractivity contribution is 8.02. The first kappa shape index (κ1) is 21.5. The van der Waals surface area contributed by atoms with E-state index in [1.165, 1.54) is 23.1 Å². The number of fused-ring (bicyclic) bond motifs is 1. The summed E-state index contributed by atoms with van der Waals surface area (Å²) in [4.78, 5) is 17.5. The van der Waals surface area contributed by atoms with Crippen LogP contribution in [0.5, 0.6) is 11.5 Å². The van der Waals surface area contributed by atoms with Crippen molar-refractivity contribution in [2.45, 2.75) is 22.9 Å². The van der Waals surface area contributed by atoms with Gasteiger partial charge < -0.3 is 9.47 Å². The van der Waals surface area contributed by atoms with E-state index in [-0.39, 0.29) is 11.2 Å². The van der Waals surface area contributed by atoms with Crippen LogP contribution in [-0.4, -0.2) is 40.6 Å². The number of hydrogen-bond acceptors (Lipinski definition) is 9. The number of ether oxygens (including phenoxy) is 2. The average Bonchev–Trinajstić information content (AvgIpc) is 3.43. The summed E-state index contributed by atoms with van der Waals surface area (Å²) in [5.41, 5.74) is 1.71. The Hall–Kier alpha value is -2.69. The number of aromatic nitrogens is 3. The van der Waals surface area contributed by atoms with E-state index in [1.807, 2.05) is 49.4 Å². The first-order valence-corrected chi connectivity index (χ1v) is 12.0. The zero-order chi connectivity index (χ0) is 21.8. The second kappa shape index (κ2) is 9.63. The molecular formula is C21H20N4O3S3. The van der Waals surface area contributed by atoms with E-state index in [0.29, 0.717) is 28.1 Å². The van der Waals surface area contributed by atoms with Crippen LogP contribution in [0, 0.1) is 0 Å². The fourth-order valence-corrected chi connectivity index (χ4v) is 5.90. The minimum absolute atomic E-state index is 0.118. The SMILES string of the molecule is CC[C@@H](Sc1nc2ccccc2s1)C(=O)Nc1nnc(-c2cc(OC)ccc2OC)s1. The third kappa shape index (κ3) is 4.81. The highest BCUT2D eigenvalue weighted by atomic mass is 32.2. The van der Waals surface area contributed by atoms with Crippen molar-refractivity contribution in [3.8, 4) is 22.1 Å². The lowest BCUT2D eigenvalue weighted by Crippen LogP contribution is -2.24. The summed E-state index contributed by atoms with van der Waals surface area (Å²) < 4.78 is 12.7. The molecule has 2 aromatic carbocycles. The number of nitrogens with zero attached hydrogens (tertiary/aromatic N) is 3. The second-order valence-electron chi connectivity index (χ2n) is 6.43. The summed E-state index contributed by atoms with van der Waals surface area (Å²) in [6.07, 6.45) is 0.668. The van der Waals surface area contributed by atoms with Gasteiger partial charge in [0, 0.05) is 0 Å². The fourth-order valence-electron chi connectivity index (χ4n) is 2.90. The minimum atomic E-state index is -0.278. The highest BCUT2D eigenvalue weighted by Crippen LogP contribution is 2.37. The molecular weight excluding hydrogens is 452 g/mol. The number of carbonyl (C=O) groups excluding carboxylic acids is 1. The molecule has 0 saturated carbocycles. The van der Waals surface area contributed by atoms with Crippen molar-refractivity contribution >= 4 is 55.7 Å². The highest BCUT2D eigenvalue weighted by Gasteiger charge is 2.22. The van der Waals surface area contributed by atoms with Gasteiger partial charge in [-0.25, -0.2) is 4.98 Å². The van der Waals surface area contributed by atoms with Crippen molar-refractivity contribution in [1.82, 2.24) is 15.2 Å². The molecule has 160 valence electrons. The Bertz CT molecular complexity index is 1170. The predicted molar refractivity (Wildman–Crippen MR) is 127 cm³/mol. The molecule has 1 amide bonds. The number of hydrogen-bond donors (Lipinski definition) is 1. The maximum absolute atomic E-state index is 12.9. The summed E-state index contributed by atoms with van der Waals surface area (Å²) in [6, 6.07) is 13.4. The Balaban J connectivity index is 1.49. The van der Waals surface area contributed by atoms with Gasteiger partial charge >= 0.3 is 0 Å². The van der Waals surface area contributed by atoms with Gasteiger partial charge in [0.1, 0.15) is 11.5 Å². The number of amides is 1. The molecule has 2 heterocycles. The van der Waals surface area contributed by atoms with Crippen LogP contribution in [0.25, 0.3) is 20.8 Å². The number of rotatable bonds is 8. The molecule has 0 bridgehead atoms. The molecule has 0 spiro atoms. The van der Waals surface area contributed by atoms with Crippen molar-refractivity contribution in [1.29, 1.82) is 0 Å². The Labute approximate surface area is 191 Å². The van der Waals surface area contributed by atoms with Crippen LogP contribution in [0.4, 0.5) is 5.13 Å². The quantitative estimate of drug-likeness (QED) is 0.346. The summed E-state index contributed by atoms with van der Waals surface area (Å²) in [6.45, 7) is 1.98. The van der Waals surface area contributed by atoms with Crippen LogP contribution in [-0.2, 0) is 4.79 Å². The third-order valence-electron chi connectivity index (χ3n) is 4.47. The van der Waals surface area contributed by atoms with Gasteiger partial charge in [-0.2, -0.15) is 0 Å². The van der Waals surface area contributed by atoms with Crippen LogP contribution in [0.1, 0.15) is 13.3 Å². The molecule has 0 fully saturated rings. The molecule has 2 aromatic heterocycles. The number of thiazole rings is 1. The number of methoxy groups -OCH3 is 2. The van der Waals surface area contributed by atoms with E-state index in [1.54, 1.807) is 25.6 Å². The normalized spacial score (nSPS) is 12.0. The standard InChI is InChI=1S/C21H20N4O3S3/c1-4-16(29-21-22-14-7-5-6-8-17(14)30-21)18(26)23-20-25-24-19(31-20)13-11-12(27-2)9-10-15(13)28-3/h5-11,16H,4H2,1-3H3,(H,23,25,26)/t16-/m1/s1. The lowest BCUT2D eigenvalue weighted by Gasteiger charge is -2.11. The topological polar surface area (TPSA) is 86.2 Å². The predicted octanol–water partition coefficient (Wildman–Crippen LogP) is 5.34. The number of para-hydroxylation sites is 1. The third-order valence-corrected chi connectivity index (χ3v) is 7.84. The van der Waals surface area contributed by atoms with Crippen LogP contribution in [0.2, 0.25) is 0 Å². The Morgan fingerprint density at radius 3 is 2.71 bits per heavy atom. The first-order valence-electron chi connectivity index (χ1n) is 9.50. The largest absolute Gasteiger partial charge is 0.497 e. The zero-order valence-electron chi connectivity index (χ0n) is 17.1. The molecule has 7 nitrogen and oxygen atoms in total. The van der Waals surface area contributed by atoms with Gasteiger partial charge in [0.05, 0.1) is 35.2 Å². The zero-order valence-corrected chi connectivity index (χ0v) is 19.6. The lowest BCUT2D eigenvalue weighted by atomic mass is 10.2. The molecule has 1 atom stereocenters. The van der Waals surface area contributed by atoms with Crippen molar-refractivity contribution in [2.24, 2.45) is 0 Å². The Kier molecular flexibility index (Phi) is 6.69. The molecule has 0 aliphatic rings. The van der Waals surface area contributed by atoms with Crippen molar-refractivity contribution in [3.63, 3.8) is 0 Å². The van der Waals surface area contributed by atoms with Crippen LogP contribution >= 0.6 is 34.4 Å². The summed E-state index contributed by atoms with van der Waals surface area (Å²) >= 11 is 4.35. The molecule has 4 aromatic rings. The number of benzene rings is 2. The van der Waals surface area contributed by atoms with Crippen molar-refractivity contribution in [2.75, 3.05) is 19.5 Å². The summed E-state index contributed by atoms with van der Waals surface area (Å²) in [5, 5.41) is 12.1. The van der Waals surface area contributed by atoms with E-state index in [9.17, 15) is 4.79 Å². The Morgan fingerprint density at radius 1 is 1.13 bits per heavy atom. The smallest absolute Gasteiger partial charge is 0.239 e. The first-order chi connectivity index (χ1) is 15.1. The second-order valence-corrected chi connectivity index (χ2v) is 9.89. The lowest BCUT2D eigenvalue weighted by molar-refractivity contribution is -0.115. The van der Waals surface area contributed by atoms with E-state index in [4.69, 9.17) is 9.47 Å². The number of thioether (sulfide) groups is 1. The van der Waals surface area contributed by atoms with Crippen LogP contribution < -0.4 is 14.8 Å². The molecule has 0 aliphatic carbocycles. The molecule has 4 rings (SSSR count). The molecule has 0 aliphatic heterocycles. The molecule has 0 saturated heterocycles. The summed E-state index contributed by atoms with van der Waals surface area (Å²) in [5.74, 6) is 1.23. The van der Waals surface area contributed by atoms with Gasteiger partial charge in [-0.3, -0.25) is 10.1 Å². The monoisotopic (exact) mass is 472 g/mol. The van der Waals surface area contributed by atoms with E-state index in [2.05, 4.69) is 20.5 Å². The van der Waals surface area contributed by atoms with E-state index < -0.39 is 0 Å². The average molecular weight is 473 g/mol. The maximum atomic E-state index is 12.9. The maximum Gasteiger partial charge on any atom is 0.239 e. The Morgan fingerprint density at radius 2 is 1.97 bits per heavy atom. The van der Waals surface area contributed by atoms with Gasteiger partial charge in [0.15, 0.2) is 9.35 Å².